The van der Waals surface area contributed by atoms with E-state index in [1.807, 2.05) is 6.92 Å². The highest BCUT2D eigenvalue weighted by atomic mass is 79.9. The fraction of sp³-hybridized carbons (Fsp3) is 0.148. The predicted octanol–water partition coefficient (Wildman–Crippen LogP) is 11.3. The standard InChI is InChI=1S/C17H12N4O3.C10H8BrN3O3.C10H6BrN3O2.C6H6BrNO3.C6H7NO3.C5H4BrNO3/c1-9-14(10-2-4-11(5-3-10)16(18)22)15(21-24-9)17-20-12-8-19-7-6-13(12)23-17;1-5-8(11)9(14-17-5)10(16)13-6-4-12-3-2-7(6)15;1-5-8(11)9(14-16-5)10-13-6-4-12-3-2-7(6)15-10;1-3-4(7)5(8-11-3)6(9)10-2;1-4-3-5(7-10-4)6(8)9-2;1-2-3(6)4(5(8)9)7-10-2/h2-8H,1H3,(H2,18,22);2-4H,1H3,(H,12,15)(H,13,16);2-4H,1H3;1-2H3;3H,1-2H3;1H3,(H,8,9). The van der Waals surface area contributed by atoms with Crippen LogP contribution < -0.4 is 16.5 Å². The molecule has 1 aromatic carbocycles. The lowest BCUT2D eigenvalue weighted by Gasteiger charge is -2.02. The largest absolute Gasteiger partial charge is 0.476 e. The molecule has 0 atom stereocenters. The van der Waals surface area contributed by atoms with E-state index in [1.54, 1.807) is 95.8 Å². The average Bonchev–Trinajstić information content (AvgIpc) is 2.64. The van der Waals surface area contributed by atoms with Crippen LogP contribution in [0, 0.1) is 41.5 Å². The number of hydrogen-bond donors (Lipinski definition) is 4. The van der Waals surface area contributed by atoms with Crippen molar-refractivity contribution < 1.29 is 74.5 Å². The summed E-state index contributed by atoms with van der Waals surface area (Å²) in [6.45, 7) is 10.3. The molecule has 0 spiro atoms. The molecule has 0 saturated carbocycles. The van der Waals surface area contributed by atoms with Crippen LogP contribution >= 0.6 is 63.7 Å². The third kappa shape index (κ3) is 16.1. The Kier molecular flexibility index (Phi) is 22.2. The molecule has 30 nitrogen and oxygen atoms in total. The van der Waals surface area contributed by atoms with E-state index in [4.69, 9.17) is 37.8 Å². The van der Waals surface area contributed by atoms with Crippen molar-refractivity contribution in [1.29, 1.82) is 0 Å². The van der Waals surface area contributed by atoms with E-state index < -0.39 is 29.7 Å². The number of amides is 2. The van der Waals surface area contributed by atoms with Crippen LogP contribution in [0.4, 0.5) is 5.69 Å². The fourth-order valence-corrected chi connectivity index (χ4v) is 8.02. The van der Waals surface area contributed by atoms with Gasteiger partial charge in [-0.15, -0.1) is 0 Å². The van der Waals surface area contributed by atoms with E-state index in [9.17, 15) is 28.8 Å². The number of fused-ring (bicyclic) bond motifs is 2. The monoisotopic (exact) mass is 1460 g/mol. The molecule has 0 fully saturated rings. The summed E-state index contributed by atoms with van der Waals surface area (Å²) in [5, 5.41) is 32.6. The number of carboxylic acids is 1. The number of primary amides is 1. The molecule has 12 rings (SSSR count). The number of ether oxygens (including phenoxy) is 2. The van der Waals surface area contributed by atoms with Crippen LogP contribution in [0.15, 0.2) is 144 Å². The van der Waals surface area contributed by atoms with Crippen LogP contribution in [-0.2, 0) is 9.47 Å². The second-order valence-corrected chi connectivity index (χ2v) is 20.4. The Balaban J connectivity index is 0.000000156. The number of nitrogens with zero attached hydrogens (tertiary/aromatic N) is 10. The number of H-pyrrole nitrogens is 1. The molecule has 0 radical (unpaired) electrons. The first-order valence-electron chi connectivity index (χ1n) is 24.6. The Morgan fingerprint density at radius 3 is 1.53 bits per heavy atom. The molecule has 0 unspecified atom stereocenters. The van der Waals surface area contributed by atoms with E-state index >= 15 is 0 Å². The molecule has 11 aromatic heterocycles. The first kappa shape index (κ1) is 65.5. The number of carbonyl (C=O) groups is 5. The number of aryl methyl sites for hydroxylation is 6. The summed E-state index contributed by atoms with van der Waals surface area (Å²) in [6, 6.07) is 13.2. The predicted molar refractivity (Wildman–Crippen MR) is 318 cm³/mol. The van der Waals surface area contributed by atoms with Gasteiger partial charge in [-0.1, -0.05) is 43.1 Å². The molecule has 454 valence electrons. The molecule has 12 aromatic rings. The molecule has 88 heavy (non-hydrogen) atoms. The molecule has 0 aliphatic heterocycles. The summed E-state index contributed by atoms with van der Waals surface area (Å²) in [5.41, 5.74) is 11.3. The van der Waals surface area contributed by atoms with Gasteiger partial charge in [0, 0.05) is 54.6 Å². The zero-order valence-electron chi connectivity index (χ0n) is 46.6. The van der Waals surface area contributed by atoms with Crippen molar-refractivity contribution in [2.75, 3.05) is 19.5 Å². The summed E-state index contributed by atoms with van der Waals surface area (Å²) < 4.78 is 51.4. The third-order valence-electron chi connectivity index (χ3n) is 11.2. The minimum atomic E-state index is -1.09. The highest BCUT2D eigenvalue weighted by Crippen LogP contribution is 2.36. The zero-order valence-corrected chi connectivity index (χ0v) is 53.0. The second kappa shape index (κ2) is 29.8. The van der Waals surface area contributed by atoms with E-state index in [0.717, 1.165) is 15.6 Å². The number of hydrogen-bond acceptors (Lipinski definition) is 26. The van der Waals surface area contributed by atoms with Crippen LogP contribution in [-0.4, -0.2) is 105 Å². The number of carbonyl (C=O) groups excluding carboxylic acids is 4. The SMILES string of the molecule is COC(=O)c1cc(C)on1.COC(=O)c1noc(C)c1Br.Cc1onc(-c2nc3cnccc3o2)c1-c1ccc(C(N)=O)cc1.Cc1onc(-c2nc3cnccc3o2)c1Br.Cc1onc(C(=O)Nc2c[nH]ccc2=O)c1Br.Cc1onc(C(=O)O)c1Br. The maximum Gasteiger partial charge on any atom is 0.361 e. The van der Waals surface area contributed by atoms with Crippen molar-refractivity contribution >= 4 is 121 Å². The number of nitrogens with one attached hydrogen (secondary N) is 2. The van der Waals surface area contributed by atoms with Crippen molar-refractivity contribution in [3.63, 3.8) is 0 Å². The number of esters is 2. The number of anilines is 1. The molecular weight excluding hydrogens is 1420 g/mol. The Bertz CT molecular complexity index is 4430. The Morgan fingerprint density at radius 1 is 0.591 bits per heavy atom. The van der Waals surface area contributed by atoms with Gasteiger partial charge in [0.05, 0.1) is 50.1 Å². The van der Waals surface area contributed by atoms with Crippen LogP contribution in [0.2, 0.25) is 0 Å². The normalized spacial score (nSPS) is 10.4. The van der Waals surface area contributed by atoms with Gasteiger partial charge in [-0.3, -0.25) is 24.4 Å². The van der Waals surface area contributed by atoms with Crippen LogP contribution in [0.5, 0.6) is 0 Å². The zero-order chi connectivity index (χ0) is 63.9. The topological polar surface area (TPSA) is 429 Å². The quantitative estimate of drug-likeness (QED) is 0.0975. The third-order valence-corrected chi connectivity index (χ3v) is 14.9. The summed E-state index contributed by atoms with van der Waals surface area (Å²) >= 11 is 12.7. The Labute approximate surface area is 526 Å². The van der Waals surface area contributed by atoms with Crippen molar-refractivity contribution in [3.05, 3.63) is 177 Å². The molecule has 0 aliphatic carbocycles. The van der Waals surface area contributed by atoms with E-state index in [2.05, 4.69) is 143 Å². The summed E-state index contributed by atoms with van der Waals surface area (Å²) in [7, 11) is 2.59. The Morgan fingerprint density at radius 2 is 1.09 bits per heavy atom. The van der Waals surface area contributed by atoms with Gasteiger partial charge in [-0.25, -0.2) is 24.4 Å². The summed E-state index contributed by atoms with van der Waals surface area (Å²) in [6.07, 6.45) is 9.43. The number of aromatic amines is 1. The van der Waals surface area contributed by atoms with Gasteiger partial charge in [0.25, 0.3) is 17.7 Å². The molecule has 34 heteroatoms. The molecule has 5 N–H and O–H groups in total. The maximum atomic E-state index is 11.8. The lowest BCUT2D eigenvalue weighted by Crippen LogP contribution is -2.18. The molecule has 0 bridgehead atoms. The van der Waals surface area contributed by atoms with E-state index in [0.29, 0.717) is 98.9 Å². The number of benzene rings is 1. The van der Waals surface area contributed by atoms with Crippen LogP contribution in [0.25, 0.3) is 56.5 Å². The Hall–Kier alpha value is -10.1. The first-order chi connectivity index (χ1) is 42.0. The number of rotatable bonds is 9. The van der Waals surface area contributed by atoms with Gasteiger partial charge in [-0.2, -0.15) is 0 Å². The molecule has 0 saturated heterocycles. The van der Waals surface area contributed by atoms with Crippen LogP contribution in [0.1, 0.15) is 86.9 Å². The number of aromatic nitrogens is 11. The van der Waals surface area contributed by atoms with Crippen LogP contribution in [0.3, 0.4) is 0 Å². The first-order valence-corrected chi connectivity index (χ1v) is 27.8. The number of carboxylic acid groups (broad SMARTS) is 1. The molecule has 2 amide bonds. The second-order valence-electron chi connectivity index (χ2n) is 17.2. The number of halogens is 4. The van der Waals surface area contributed by atoms with Gasteiger partial charge in [0.2, 0.25) is 22.7 Å². The number of nitrogens with two attached hydrogens (primary N) is 1. The van der Waals surface area contributed by atoms with Gasteiger partial charge < -0.3 is 66.6 Å². The maximum absolute atomic E-state index is 11.8. The number of pyridine rings is 3. The highest BCUT2D eigenvalue weighted by Gasteiger charge is 2.24. The van der Waals surface area contributed by atoms with Gasteiger partial charge in [0.1, 0.15) is 51.3 Å². The lowest BCUT2D eigenvalue weighted by atomic mass is 10.0. The van der Waals surface area contributed by atoms with Crippen molar-refractivity contribution in [2.24, 2.45) is 5.73 Å². The summed E-state index contributed by atoms with van der Waals surface area (Å²) in [4.78, 5) is 85.6. The highest BCUT2D eigenvalue weighted by molar-refractivity contribution is 9.11. The number of aromatic carboxylic acids is 1. The fourth-order valence-electron chi connectivity index (χ4n) is 6.76. The average molecular weight is 1470 g/mol. The van der Waals surface area contributed by atoms with E-state index in [-0.39, 0.29) is 33.9 Å². The number of methoxy groups -OCH3 is 2. The molecule has 0 aliphatic rings. The van der Waals surface area contributed by atoms with Crippen molar-refractivity contribution in [3.8, 4) is 34.3 Å². The molecule has 11 heterocycles. The number of oxazole rings is 2. The van der Waals surface area contributed by atoms with Gasteiger partial charge >= 0.3 is 17.9 Å². The van der Waals surface area contributed by atoms with Crippen molar-refractivity contribution in [1.82, 2.24) is 55.9 Å². The smallest absolute Gasteiger partial charge is 0.361 e. The van der Waals surface area contributed by atoms with Crippen molar-refractivity contribution in [2.45, 2.75) is 41.5 Å². The molecular formula is C54H43Br4N13O17. The van der Waals surface area contributed by atoms with Gasteiger partial charge in [0.15, 0.2) is 33.9 Å². The van der Waals surface area contributed by atoms with Gasteiger partial charge in [-0.05, 0) is 123 Å². The van der Waals surface area contributed by atoms with E-state index in [1.165, 1.54) is 38.7 Å². The minimum absolute atomic E-state index is 0.0856. The summed E-state index contributed by atoms with van der Waals surface area (Å²) in [5.74, 6) is 1.15. The lowest BCUT2D eigenvalue weighted by molar-refractivity contribution is 0.0579. The minimum Gasteiger partial charge on any atom is -0.476 e.